The number of carbonyl (C=O) groups is 1. The molecular formula is C9H18N2O3S. The zero-order valence-corrected chi connectivity index (χ0v) is 9.72. The van der Waals surface area contributed by atoms with Crippen LogP contribution in [-0.2, 0) is 14.6 Å². The van der Waals surface area contributed by atoms with Crippen LogP contribution in [0.15, 0.2) is 0 Å². The van der Waals surface area contributed by atoms with E-state index in [0.717, 1.165) is 0 Å². The molecule has 1 amide bonds. The Kier molecular flexibility index (Phi) is 4.10. The summed E-state index contributed by atoms with van der Waals surface area (Å²) >= 11 is 0. The highest BCUT2D eigenvalue weighted by molar-refractivity contribution is 7.91. The molecule has 3 N–H and O–H groups in total. The summed E-state index contributed by atoms with van der Waals surface area (Å²) in [5.74, 6) is 0.0259. The maximum absolute atomic E-state index is 11.5. The number of rotatable bonds is 4. The van der Waals surface area contributed by atoms with Gasteiger partial charge in [0.25, 0.3) is 0 Å². The number of carbonyl (C=O) groups excluding carboxylic acids is 1. The third-order valence-corrected chi connectivity index (χ3v) is 4.39. The van der Waals surface area contributed by atoms with Crippen molar-refractivity contribution in [3.05, 3.63) is 0 Å². The highest BCUT2D eigenvalue weighted by Crippen LogP contribution is 2.12. The van der Waals surface area contributed by atoms with Crippen molar-refractivity contribution in [2.75, 3.05) is 18.1 Å². The van der Waals surface area contributed by atoms with Crippen LogP contribution in [0.1, 0.15) is 19.8 Å². The van der Waals surface area contributed by atoms with Gasteiger partial charge in [-0.2, -0.15) is 0 Å². The van der Waals surface area contributed by atoms with Gasteiger partial charge in [0.05, 0.1) is 11.5 Å². The van der Waals surface area contributed by atoms with Crippen LogP contribution in [-0.4, -0.2) is 38.4 Å². The quantitative estimate of drug-likeness (QED) is 0.671. The van der Waals surface area contributed by atoms with Crippen LogP contribution < -0.4 is 11.1 Å². The van der Waals surface area contributed by atoms with Gasteiger partial charge in [0, 0.05) is 12.0 Å². The van der Waals surface area contributed by atoms with Gasteiger partial charge in [-0.05, 0) is 19.4 Å². The van der Waals surface area contributed by atoms with Gasteiger partial charge in [-0.3, -0.25) is 4.79 Å². The first-order valence-electron chi connectivity index (χ1n) is 5.15. The predicted molar refractivity (Wildman–Crippen MR) is 58.0 cm³/mol. The van der Waals surface area contributed by atoms with Crippen LogP contribution in [0.5, 0.6) is 0 Å². The van der Waals surface area contributed by atoms with Gasteiger partial charge in [0.2, 0.25) is 5.91 Å². The van der Waals surface area contributed by atoms with Gasteiger partial charge in [0.15, 0.2) is 9.84 Å². The van der Waals surface area contributed by atoms with Crippen LogP contribution in [0.4, 0.5) is 0 Å². The molecule has 1 saturated heterocycles. The average molecular weight is 234 g/mol. The molecule has 88 valence electrons. The Morgan fingerprint density at radius 2 is 2.27 bits per heavy atom. The first-order chi connectivity index (χ1) is 6.94. The molecule has 0 saturated carbocycles. The molecule has 5 nitrogen and oxygen atoms in total. The van der Waals surface area contributed by atoms with E-state index >= 15 is 0 Å². The molecule has 1 aliphatic heterocycles. The van der Waals surface area contributed by atoms with E-state index in [-0.39, 0.29) is 29.4 Å². The first-order valence-corrected chi connectivity index (χ1v) is 6.97. The number of nitrogens with one attached hydrogen (secondary N) is 1. The summed E-state index contributed by atoms with van der Waals surface area (Å²) in [7, 11) is -2.92. The smallest absolute Gasteiger partial charge is 0.223 e. The molecule has 0 spiro atoms. The Balaban J connectivity index is 2.40. The fourth-order valence-corrected chi connectivity index (χ4v) is 3.31. The van der Waals surface area contributed by atoms with Crippen LogP contribution >= 0.6 is 0 Å². The van der Waals surface area contributed by atoms with E-state index in [1.165, 1.54) is 0 Å². The first kappa shape index (κ1) is 12.4. The molecule has 0 aromatic carbocycles. The number of hydrogen-bond donors (Lipinski definition) is 2. The van der Waals surface area contributed by atoms with Crippen LogP contribution in [0.3, 0.4) is 0 Å². The molecule has 2 unspecified atom stereocenters. The fourth-order valence-electron chi connectivity index (χ4n) is 1.63. The minimum absolute atomic E-state index is 0.0775. The number of hydrogen-bond acceptors (Lipinski definition) is 4. The van der Waals surface area contributed by atoms with Crippen molar-refractivity contribution in [1.29, 1.82) is 0 Å². The van der Waals surface area contributed by atoms with E-state index in [4.69, 9.17) is 5.73 Å². The molecule has 0 aromatic rings. The van der Waals surface area contributed by atoms with Gasteiger partial charge < -0.3 is 11.1 Å². The third kappa shape index (κ3) is 3.79. The summed E-state index contributed by atoms with van der Waals surface area (Å²) in [5, 5.41) is 2.75. The fraction of sp³-hybridized carbons (Fsp3) is 0.889. The monoisotopic (exact) mass is 234 g/mol. The second-order valence-corrected chi connectivity index (χ2v) is 6.32. The van der Waals surface area contributed by atoms with E-state index in [1.807, 2.05) is 0 Å². The Labute approximate surface area is 90.3 Å². The minimum Gasteiger partial charge on any atom is -0.352 e. The topological polar surface area (TPSA) is 89.3 Å². The molecule has 1 aliphatic rings. The summed E-state index contributed by atoms with van der Waals surface area (Å²) in [4.78, 5) is 11.5. The molecule has 1 heterocycles. The van der Waals surface area contributed by atoms with Gasteiger partial charge in [0.1, 0.15) is 0 Å². The van der Waals surface area contributed by atoms with Crippen LogP contribution in [0.25, 0.3) is 0 Å². The zero-order chi connectivity index (χ0) is 11.5. The maximum Gasteiger partial charge on any atom is 0.223 e. The molecule has 0 aromatic heterocycles. The normalized spacial score (nSPS) is 26.1. The van der Waals surface area contributed by atoms with Crippen molar-refractivity contribution in [2.45, 2.75) is 25.8 Å². The lowest BCUT2D eigenvalue weighted by molar-refractivity contribution is -0.125. The second kappa shape index (κ2) is 4.94. The predicted octanol–water partition coefficient (Wildman–Crippen LogP) is -0.725. The van der Waals surface area contributed by atoms with Crippen molar-refractivity contribution in [1.82, 2.24) is 5.32 Å². The van der Waals surface area contributed by atoms with Gasteiger partial charge >= 0.3 is 0 Å². The minimum atomic E-state index is -2.92. The molecule has 15 heavy (non-hydrogen) atoms. The van der Waals surface area contributed by atoms with Crippen LogP contribution in [0.2, 0.25) is 0 Å². The van der Waals surface area contributed by atoms with Crippen molar-refractivity contribution < 1.29 is 13.2 Å². The Morgan fingerprint density at radius 3 is 2.73 bits per heavy atom. The van der Waals surface area contributed by atoms with Crippen molar-refractivity contribution in [3.8, 4) is 0 Å². The molecule has 0 bridgehead atoms. The number of sulfone groups is 1. The molecule has 1 fully saturated rings. The summed E-state index contributed by atoms with van der Waals surface area (Å²) in [5.41, 5.74) is 5.34. The summed E-state index contributed by atoms with van der Waals surface area (Å²) in [6, 6.07) is -0.206. The molecule has 1 rings (SSSR count). The van der Waals surface area contributed by atoms with E-state index in [1.54, 1.807) is 6.92 Å². The SMILES string of the molecule is CC(CCN)C(=O)NC1CCS(=O)(=O)C1. The number of amides is 1. The van der Waals surface area contributed by atoms with Crippen molar-refractivity contribution in [2.24, 2.45) is 11.7 Å². The van der Waals surface area contributed by atoms with Crippen molar-refractivity contribution in [3.63, 3.8) is 0 Å². The average Bonchev–Trinajstić information content (AvgIpc) is 2.46. The largest absolute Gasteiger partial charge is 0.352 e. The second-order valence-electron chi connectivity index (χ2n) is 4.09. The van der Waals surface area contributed by atoms with E-state index < -0.39 is 9.84 Å². The lowest BCUT2D eigenvalue weighted by Crippen LogP contribution is -2.39. The summed E-state index contributed by atoms with van der Waals surface area (Å²) in [6.07, 6.45) is 1.16. The molecule has 2 atom stereocenters. The van der Waals surface area contributed by atoms with E-state index in [2.05, 4.69) is 5.32 Å². The maximum atomic E-state index is 11.5. The lowest BCUT2D eigenvalue weighted by Gasteiger charge is -2.14. The van der Waals surface area contributed by atoms with Gasteiger partial charge in [-0.1, -0.05) is 6.92 Å². The van der Waals surface area contributed by atoms with Crippen LogP contribution in [0, 0.1) is 5.92 Å². The molecule has 0 radical (unpaired) electrons. The summed E-state index contributed by atoms with van der Waals surface area (Å²) < 4.78 is 22.3. The number of nitrogens with two attached hydrogens (primary N) is 1. The van der Waals surface area contributed by atoms with Gasteiger partial charge in [-0.25, -0.2) is 8.42 Å². The molecule has 0 aliphatic carbocycles. The third-order valence-electron chi connectivity index (χ3n) is 2.63. The van der Waals surface area contributed by atoms with E-state index in [0.29, 0.717) is 19.4 Å². The molecular weight excluding hydrogens is 216 g/mol. The summed E-state index contributed by atoms with van der Waals surface area (Å²) in [6.45, 7) is 2.27. The van der Waals surface area contributed by atoms with E-state index in [9.17, 15) is 13.2 Å². The Bertz CT molecular complexity index is 326. The standard InChI is InChI=1S/C9H18N2O3S/c1-7(2-4-10)9(12)11-8-3-5-15(13,14)6-8/h7-8H,2-6,10H2,1H3,(H,11,12). The zero-order valence-electron chi connectivity index (χ0n) is 8.90. The lowest BCUT2D eigenvalue weighted by atomic mass is 10.1. The Morgan fingerprint density at radius 1 is 1.60 bits per heavy atom. The van der Waals surface area contributed by atoms with Crippen molar-refractivity contribution >= 4 is 15.7 Å². The highest BCUT2D eigenvalue weighted by atomic mass is 32.2. The molecule has 6 heteroatoms. The highest BCUT2D eigenvalue weighted by Gasteiger charge is 2.29. The Hall–Kier alpha value is -0.620. The van der Waals surface area contributed by atoms with Gasteiger partial charge in [-0.15, -0.1) is 0 Å².